The molecule has 1 aliphatic carbocycles. The summed E-state index contributed by atoms with van der Waals surface area (Å²) in [4.78, 5) is 31.4. The number of hydrogen-bond acceptors (Lipinski definition) is 7. The zero-order valence-corrected chi connectivity index (χ0v) is 22.6. The molecule has 9 heteroatoms. The predicted octanol–water partition coefficient (Wildman–Crippen LogP) is 3.28. The van der Waals surface area contributed by atoms with Gasteiger partial charge < -0.3 is 19.1 Å². The lowest BCUT2D eigenvalue weighted by molar-refractivity contribution is -0.154. The Morgan fingerprint density at radius 3 is 2.50 bits per heavy atom. The Hall–Kier alpha value is -2.91. The summed E-state index contributed by atoms with van der Waals surface area (Å²) in [7, 11) is 0. The topological polar surface area (TPSA) is 83.9 Å². The Kier molecular flexibility index (Phi) is 8.64. The molecule has 2 amide bonds. The Balaban J connectivity index is 1.47. The van der Waals surface area contributed by atoms with Crippen molar-refractivity contribution in [2.75, 3.05) is 52.6 Å². The highest BCUT2D eigenvalue weighted by Gasteiger charge is 2.45. The quantitative estimate of drug-likeness (QED) is 0.486. The molecule has 0 spiro atoms. The number of morpholine rings is 1. The minimum absolute atomic E-state index is 0.00254. The summed E-state index contributed by atoms with van der Waals surface area (Å²) in [5.41, 5.74) is 1.82. The number of likely N-dealkylation sites (tertiary alicyclic amines) is 1. The number of carbonyl (C=O) groups is 2. The van der Waals surface area contributed by atoms with E-state index in [1.807, 2.05) is 36.9 Å². The first-order chi connectivity index (χ1) is 18.6. The first-order valence-corrected chi connectivity index (χ1v) is 14.2. The van der Waals surface area contributed by atoms with Crippen LogP contribution >= 0.6 is 0 Å². The molecular formula is C29H40N4O5. The predicted molar refractivity (Wildman–Crippen MR) is 144 cm³/mol. The van der Waals surface area contributed by atoms with Crippen molar-refractivity contribution in [3.05, 3.63) is 35.9 Å². The average Bonchev–Trinajstić information content (AvgIpc) is 2.95. The second kappa shape index (κ2) is 12.3. The zero-order chi connectivity index (χ0) is 26.5. The summed E-state index contributed by atoms with van der Waals surface area (Å²) < 4.78 is 17.1. The van der Waals surface area contributed by atoms with Gasteiger partial charge in [-0.25, -0.2) is 5.01 Å². The van der Waals surface area contributed by atoms with Crippen LogP contribution in [0.2, 0.25) is 0 Å². The van der Waals surface area contributed by atoms with Crippen molar-refractivity contribution in [3.63, 3.8) is 0 Å². The van der Waals surface area contributed by atoms with Gasteiger partial charge in [-0.3, -0.25) is 14.5 Å². The first-order valence-electron chi connectivity index (χ1n) is 14.2. The Bertz CT molecular complexity index is 1070. The lowest BCUT2D eigenvalue weighted by Gasteiger charge is -2.45. The molecule has 206 valence electrons. The summed E-state index contributed by atoms with van der Waals surface area (Å²) in [5, 5.41) is 6.68. The normalized spacial score (nSPS) is 26.1. The van der Waals surface area contributed by atoms with Crippen LogP contribution in [0.1, 0.15) is 51.5 Å². The van der Waals surface area contributed by atoms with Gasteiger partial charge >= 0.3 is 0 Å². The largest absolute Gasteiger partial charge is 0.490 e. The number of fused-ring (bicyclic) bond motifs is 1. The van der Waals surface area contributed by atoms with E-state index < -0.39 is 0 Å². The number of benzene rings is 1. The van der Waals surface area contributed by atoms with Gasteiger partial charge in [-0.15, -0.1) is 0 Å². The minimum Gasteiger partial charge on any atom is -0.490 e. The van der Waals surface area contributed by atoms with Gasteiger partial charge in [0.1, 0.15) is 6.17 Å². The second-order valence-electron chi connectivity index (χ2n) is 10.3. The standard InChI is InChI=1S/C29H40N4O5/c1-3-37-24-13-12-21(19-25(24)38-4-2)28-22-9-5-6-10-23(22)29(35)33(30-28)26-11-7-8-14-32(26)27(34)20-31-15-17-36-18-16-31/h5-6,12-13,19,22-23,26H,3-4,7-11,14-18,20H2,1-2H3/t22-,23+,26?/m0/s1. The van der Waals surface area contributed by atoms with Crippen LogP contribution in [0, 0.1) is 11.8 Å². The fourth-order valence-electron chi connectivity index (χ4n) is 6.00. The van der Waals surface area contributed by atoms with Gasteiger partial charge in [0, 0.05) is 31.1 Å². The van der Waals surface area contributed by atoms with Crippen molar-refractivity contribution in [1.29, 1.82) is 0 Å². The summed E-state index contributed by atoms with van der Waals surface area (Å²) in [6.45, 7) is 8.79. The van der Waals surface area contributed by atoms with E-state index >= 15 is 0 Å². The van der Waals surface area contributed by atoms with Crippen molar-refractivity contribution >= 4 is 17.5 Å². The fraction of sp³-hybridized carbons (Fsp3) is 0.621. The van der Waals surface area contributed by atoms with Crippen LogP contribution in [0.15, 0.2) is 35.5 Å². The molecule has 1 unspecified atom stereocenters. The van der Waals surface area contributed by atoms with E-state index in [1.54, 1.807) is 5.01 Å². The van der Waals surface area contributed by atoms with Gasteiger partial charge in [-0.05, 0) is 64.2 Å². The second-order valence-corrected chi connectivity index (χ2v) is 10.3. The maximum Gasteiger partial charge on any atom is 0.248 e. The summed E-state index contributed by atoms with van der Waals surface area (Å²) in [6.07, 6.45) is 7.98. The maximum atomic E-state index is 13.9. The molecule has 1 aromatic rings. The number of allylic oxidation sites excluding steroid dienone is 2. The van der Waals surface area contributed by atoms with E-state index in [1.165, 1.54) is 0 Å². The van der Waals surface area contributed by atoms with Crippen molar-refractivity contribution in [2.24, 2.45) is 16.9 Å². The minimum atomic E-state index is -0.360. The van der Waals surface area contributed by atoms with Crippen LogP contribution in [-0.2, 0) is 14.3 Å². The highest BCUT2D eigenvalue weighted by Crippen LogP contribution is 2.39. The molecule has 0 saturated carbocycles. The van der Waals surface area contributed by atoms with Gasteiger partial charge in [0.05, 0.1) is 44.6 Å². The number of piperidine rings is 1. The number of rotatable bonds is 8. The molecular weight excluding hydrogens is 484 g/mol. The van der Waals surface area contributed by atoms with E-state index in [9.17, 15) is 9.59 Å². The molecule has 3 atom stereocenters. The van der Waals surface area contributed by atoms with Crippen molar-refractivity contribution in [1.82, 2.24) is 14.8 Å². The van der Waals surface area contributed by atoms with Gasteiger partial charge in [0.15, 0.2) is 11.5 Å². The number of nitrogens with zero attached hydrogens (tertiary/aromatic N) is 4. The van der Waals surface area contributed by atoms with Crippen LogP contribution in [-0.4, -0.2) is 91.1 Å². The van der Waals surface area contributed by atoms with Crippen molar-refractivity contribution < 1.29 is 23.8 Å². The molecule has 2 saturated heterocycles. The number of ether oxygens (including phenoxy) is 3. The van der Waals surface area contributed by atoms with E-state index in [4.69, 9.17) is 19.3 Å². The summed E-state index contributed by atoms with van der Waals surface area (Å²) in [6, 6.07) is 5.93. The van der Waals surface area contributed by atoms with Gasteiger partial charge in [0.25, 0.3) is 0 Å². The Labute approximate surface area is 225 Å². The molecule has 3 heterocycles. The van der Waals surface area contributed by atoms with Crippen LogP contribution in [0.4, 0.5) is 0 Å². The summed E-state index contributed by atoms with van der Waals surface area (Å²) in [5.74, 6) is 1.28. The van der Waals surface area contributed by atoms with Crippen molar-refractivity contribution in [3.8, 4) is 11.5 Å². The molecule has 0 bridgehead atoms. The van der Waals surface area contributed by atoms with Crippen LogP contribution in [0.25, 0.3) is 0 Å². The van der Waals surface area contributed by atoms with Crippen LogP contribution < -0.4 is 9.47 Å². The van der Waals surface area contributed by atoms with E-state index in [-0.39, 0.29) is 29.8 Å². The molecule has 3 aliphatic heterocycles. The van der Waals surface area contributed by atoms with E-state index in [0.29, 0.717) is 57.4 Å². The third-order valence-corrected chi connectivity index (χ3v) is 7.92. The first kappa shape index (κ1) is 26.7. The highest BCUT2D eigenvalue weighted by atomic mass is 16.5. The molecule has 0 N–H and O–H groups in total. The lowest BCUT2D eigenvalue weighted by atomic mass is 9.76. The van der Waals surface area contributed by atoms with Gasteiger partial charge in [-0.2, -0.15) is 5.10 Å². The Morgan fingerprint density at radius 2 is 1.74 bits per heavy atom. The molecule has 38 heavy (non-hydrogen) atoms. The monoisotopic (exact) mass is 524 g/mol. The lowest BCUT2D eigenvalue weighted by Crippen LogP contribution is -2.59. The number of hydrazone groups is 1. The molecule has 2 fully saturated rings. The van der Waals surface area contributed by atoms with Gasteiger partial charge in [0.2, 0.25) is 11.8 Å². The number of hydrogen-bond donors (Lipinski definition) is 0. The van der Waals surface area contributed by atoms with E-state index in [2.05, 4.69) is 17.1 Å². The summed E-state index contributed by atoms with van der Waals surface area (Å²) >= 11 is 0. The van der Waals surface area contributed by atoms with Gasteiger partial charge in [-0.1, -0.05) is 12.2 Å². The highest BCUT2D eigenvalue weighted by molar-refractivity contribution is 6.07. The molecule has 0 radical (unpaired) electrons. The molecule has 1 aromatic carbocycles. The fourth-order valence-corrected chi connectivity index (χ4v) is 6.00. The van der Waals surface area contributed by atoms with Crippen molar-refractivity contribution in [2.45, 2.75) is 52.1 Å². The maximum absolute atomic E-state index is 13.9. The molecule has 0 aromatic heterocycles. The number of amides is 2. The SMILES string of the molecule is CCOc1ccc(C2=NN(C3CCCCN3C(=O)CN3CCOCC3)C(=O)[C@@H]3CC=CC[C@H]23)cc1OCC. The van der Waals surface area contributed by atoms with Crippen LogP contribution in [0.3, 0.4) is 0 Å². The Morgan fingerprint density at radius 1 is 1.00 bits per heavy atom. The molecule has 4 aliphatic rings. The zero-order valence-electron chi connectivity index (χ0n) is 22.6. The number of carbonyl (C=O) groups excluding carboxylic acids is 2. The smallest absolute Gasteiger partial charge is 0.248 e. The molecule has 5 rings (SSSR count). The van der Waals surface area contributed by atoms with E-state index in [0.717, 1.165) is 50.0 Å². The average molecular weight is 525 g/mol. The third-order valence-electron chi connectivity index (χ3n) is 7.92. The van der Waals surface area contributed by atoms with Crippen LogP contribution in [0.5, 0.6) is 11.5 Å². The molecule has 9 nitrogen and oxygen atoms in total. The third kappa shape index (κ3) is 5.59.